The molecule has 0 unspecified atom stereocenters. The van der Waals surface area contributed by atoms with Crippen molar-refractivity contribution >= 4 is 17.5 Å². The average molecular weight is 284 g/mol. The molecule has 0 atom stereocenters. The number of carbonyl (C=O) groups excluding carboxylic acids is 1. The highest BCUT2D eigenvalue weighted by Gasteiger charge is 2.09. The number of thioether (sulfide) groups is 1. The molecule has 20 heavy (non-hydrogen) atoms. The van der Waals surface area contributed by atoms with E-state index in [2.05, 4.69) is 31.2 Å². The third-order valence-electron chi connectivity index (χ3n) is 3.28. The molecular weight excluding hydrogens is 264 g/mol. The van der Waals surface area contributed by atoms with E-state index in [1.54, 1.807) is 11.8 Å². The highest BCUT2D eigenvalue weighted by Crippen LogP contribution is 2.17. The lowest BCUT2D eigenvalue weighted by atomic mass is 10.0. The summed E-state index contributed by atoms with van der Waals surface area (Å²) in [5.41, 5.74) is 5.62. The van der Waals surface area contributed by atoms with E-state index in [1.807, 2.05) is 32.0 Å². The van der Waals surface area contributed by atoms with Gasteiger partial charge in [-0.1, -0.05) is 47.5 Å². The summed E-state index contributed by atoms with van der Waals surface area (Å²) in [6.45, 7) is 6.11. The molecule has 0 aliphatic carbocycles. The molecule has 2 aromatic carbocycles. The molecule has 0 aliphatic heterocycles. The molecule has 0 fully saturated rings. The molecule has 0 heterocycles. The van der Waals surface area contributed by atoms with Crippen molar-refractivity contribution in [2.24, 2.45) is 0 Å². The first-order valence-electron chi connectivity index (χ1n) is 6.80. The molecule has 0 amide bonds. The Morgan fingerprint density at radius 2 is 1.75 bits per heavy atom. The maximum absolute atomic E-state index is 12.3. The van der Waals surface area contributed by atoms with E-state index < -0.39 is 0 Å². The van der Waals surface area contributed by atoms with Gasteiger partial charge in [0, 0.05) is 11.3 Å². The highest BCUT2D eigenvalue weighted by molar-refractivity contribution is 7.99. The SMILES string of the molecule is Cc1cccc(CSCC(=O)c2cc(C)ccc2C)c1. The Morgan fingerprint density at radius 3 is 2.50 bits per heavy atom. The van der Waals surface area contributed by atoms with Gasteiger partial charge in [-0.25, -0.2) is 0 Å². The number of rotatable bonds is 5. The summed E-state index contributed by atoms with van der Waals surface area (Å²) in [7, 11) is 0. The van der Waals surface area contributed by atoms with Gasteiger partial charge in [0.2, 0.25) is 0 Å². The predicted molar refractivity (Wildman–Crippen MR) is 87.6 cm³/mol. The van der Waals surface area contributed by atoms with Crippen molar-refractivity contribution in [2.45, 2.75) is 26.5 Å². The van der Waals surface area contributed by atoms with E-state index >= 15 is 0 Å². The first-order valence-corrected chi connectivity index (χ1v) is 7.95. The largest absolute Gasteiger partial charge is 0.293 e. The van der Waals surface area contributed by atoms with Crippen LogP contribution in [-0.4, -0.2) is 11.5 Å². The van der Waals surface area contributed by atoms with Gasteiger partial charge < -0.3 is 0 Å². The molecule has 0 aliphatic rings. The third-order valence-corrected chi connectivity index (χ3v) is 4.28. The van der Waals surface area contributed by atoms with Crippen LogP contribution in [0.4, 0.5) is 0 Å². The van der Waals surface area contributed by atoms with Crippen molar-refractivity contribution in [3.63, 3.8) is 0 Å². The lowest BCUT2D eigenvalue weighted by molar-refractivity contribution is 0.102. The molecule has 1 nitrogen and oxygen atoms in total. The molecule has 0 radical (unpaired) electrons. The maximum Gasteiger partial charge on any atom is 0.173 e. The summed E-state index contributed by atoms with van der Waals surface area (Å²) in [5, 5.41) is 0. The van der Waals surface area contributed by atoms with Crippen molar-refractivity contribution < 1.29 is 4.79 Å². The summed E-state index contributed by atoms with van der Waals surface area (Å²) in [4.78, 5) is 12.3. The quantitative estimate of drug-likeness (QED) is 0.738. The molecule has 0 saturated carbocycles. The van der Waals surface area contributed by atoms with Gasteiger partial charge in [0.1, 0.15) is 0 Å². The second-order valence-corrected chi connectivity index (χ2v) is 6.21. The van der Waals surface area contributed by atoms with Crippen LogP contribution in [0.5, 0.6) is 0 Å². The Hall–Kier alpha value is -1.54. The van der Waals surface area contributed by atoms with Gasteiger partial charge in [0.15, 0.2) is 5.78 Å². The molecule has 0 saturated heterocycles. The number of ketones is 1. The maximum atomic E-state index is 12.3. The van der Waals surface area contributed by atoms with Crippen LogP contribution >= 0.6 is 11.8 Å². The number of hydrogen-bond donors (Lipinski definition) is 0. The van der Waals surface area contributed by atoms with Crippen LogP contribution in [0.2, 0.25) is 0 Å². The highest BCUT2D eigenvalue weighted by atomic mass is 32.2. The Bertz CT molecular complexity index is 617. The monoisotopic (exact) mass is 284 g/mol. The van der Waals surface area contributed by atoms with Crippen LogP contribution in [0.1, 0.15) is 32.6 Å². The normalized spacial score (nSPS) is 10.6. The van der Waals surface area contributed by atoms with Crippen molar-refractivity contribution in [1.29, 1.82) is 0 Å². The van der Waals surface area contributed by atoms with E-state index in [9.17, 15) is 4.79 Å². The van der Waals surface area contributed by atoms with Crippen LogP contribution in [0.25, 0.3) is 0 Å². The number of hydrogen-bond acceptors (Lipinski definition) is 2. The Kier molecular flexibility index (Phi) is 5.02. The van der Waals surface area contributed by atoms with Crippen molar-refractivity contribution in [2.75, 3.05) is 5.75 Å². The van der Waals surface area contributed by atoms with E-state index in [-0.39, 0.29) is 5.78 Å². The standard InChI is InChI=1S/C18H20OS/c1-13-5-4-6-16(9-13)11-20-12-18(19)17-10-14(2)7-8-15(17)3/h4-10H,11-12H2,1-3H3. The zero-order chi connectivity index (χ0) is 14.5. The summed E-state index contributed by atoms with van der Waals surface area (Å²) < 4.78 is 0. The first kappa shape index (κ1) is 14.9. The molecule has 0 N–H and O–H groups in total. The summed E-state index contributed by atoms with van der Waals surface area (Å²) in [6, 6.07) is 14.5. The molecule has 0 bridgehead atoms. The number of aryl methyl sites for hydroxylation is 3. The van der Waals surface area contributed by atoms with Gasteiger partial charge in [-0.05, 0) is 38.0 Å². The van der Waals surface area contributed by atoms with Crippen LogP contribution in [0, 0.1) is 20.8 Å². The van der Waals surface area contributed by atoms with Crippen LogP contribution < -0.4 is 0 Å². The zero-order valence-electron chi connectivity index (χ0n) is 12.3. The lowest BCUT2D eigenvalue weighted by Crippen LogP contribution is -2.05. The van der Waals surface area contributed by atoms with Crippen molar-refractivity contribution in [3.05, 3.63) is 70.3 Å². The third kappa shape index (κ3) is 3.97. The van der Waals surface area contributed by atoms with Gasteiger partial charge in [-0.2, -0.15) is 0 Å². The lowest BCUT2D eigenvalue weighted by Gasteiger charge is -2.06. The van der Waals surface area contributed by atoms with Crippen molar-refractivity contribution in [1.82, 2.24) is 0 Å². The number of carbonyl (C=O) groups is 1. The van der Waals surface area contributed by atoms with E-state index in [1.165, 1.54) is 11.1 Å². The number of Topliss-reactive ketones (excluding diaryl/α,β-unsaturated/α-hetero) is 1. The molecule has 2 rings (SSSR count). The second kappa shape index (κ2) is 6.76. The Morgan fingerprint density at radius 1 is 1.00 bits per heavy atom. The van der Waals surface area contributed by atoms with E-state index in [0.29, 0.717) is 5.75 Å². The summed E-state index contributed by atoms with van der Waals surface area (Å²) in [6.07, 6.45) is 0. The Balaban J connectivity index is 1.94. The fraction of sp³-hybridized carbons (Fsp3) is 0.278. The molecular formula is C18H20OS. The van der Waals surface area contributed by atoms with E-state index in [0.717, 1.165) is 22.4 Å². The van der Waals surface area contributed by atoms with Gasteiger partial charge in [-0.3, -0.25) is 4.79 Å². The van der Waals surface area contributed by atoms with Gasteiger partial charge in [-0.15, -0.1) is 11.8 Å². The summed E-state index contributed by atoms with van der Waals surface area (Å²) >= 11 is 1.68. The fourth-order valence-corrected chi connectivity index (χ4v) is 3.04. The van der Waals surface area contributed by atoms with Gasteiger partial charge >= 0.3 is 0 Å². The minimum Gasteiger partial charge on any atom is -0.293 e. The fourth-order valence-electron chi connectivity index (χ4n) is 2.18. The second-order valence-electron chi connectivity index (χ2n) is 5.22. The van der Waals surface area contributed by atoms with Gasteiger partial charge in [0.05, 0.1) is 5.75 Å². The Labute approximate surface area is 125 Å². The van der Waals surface area contributed by atoms with Crippen LogP contribution in [0.3, 0.4) is 0 Å². The minimum absolute atomic E-state index is 0.226. The minimum atomic E-state index is 0.226. The number of benzene rings is 2. The molecule has 2 heteroatoms. The average Bonchev–Trinajstić information content (AvgIpc) is 2.41. The van der Waals surface area contributed by atoms with Crippen LogP contribution in [0.15, 0.2) is 42.5 Å². The zero-order valence-corrected chi connectivity index (χ0v) is 13.1. The van der Waals surface area contributed by atoms with Gasteiger partial charge in [0.25, 0.3) is 0 Å². The van der Waals surface area contributed by atoms with Crippen LogP contribution in [-0.2, 0) is 5.75 Å². The topological polar surface area (TPSA) is 17.1 Å². The molecule has 104 valence electrons. The molecule has 2 aromatic rings. The molecule has 0 aromatic heterocycles. The smallest absolute Gasteiger partial charge is 0.173 e. The van der Waals surface area contributed by atoms with E-state index in [4.69, 9.17) is 0 Å². The predicted octanol–water partition coefficient (Wildman–Crippen LogP) is 4.73. The van der Waals surface area contributed by atoms with Crippen molar-refractivity contribution in [3.8, 4) is 0 Å². The molecule has 0 spiro atoms. The first-order chi connectivity index (χ1) is 9.56. The summed E-state index contributed by atoms with van der Waals surface area (Å²) in [5.74, 6) is 1.65.